The molecule has 0 aromatic heterocycles. The maximum Gasteiger partial charge on any atom is 0.0891 e. The second-order valence-corrected chi connectivity index (χ2v) is 6.21. The number of nitrogens with zero attached hydrogens (tertiary/aromatic N) is 1. The van der Waals surface area contributed by atoms with Crippen LogP contribution < -0.4 is 0 Å². The van der Waals surface area contributed by atoms with Crippen LogP contribution in [0.4, 0.5) is 0 Å². The molecule has 0 amide bonds. The van der Waals surface area contributed by atoms with Crippen LogP contribution in [-0.2, 0) is 0 Å². The van der Waals surface area contributed by atoms with Gasteiger partial charge in [-0.2, -0.15) is 5.26 Å². The van der Waals surface area contributed by atoms with E-state index in [0.717, 1.165) is 25.2 Å². The van der Waals surface area contributed by atoms with E-state index in [9.17, 15) is 10.4 Å². The average molecular weight is 205 g/mol. The monoisotopic (exact) mass is 205 g/mol. The summed E-state index contributed by atoms with van der Waals surface area (Å²) in [5.41, 5.74) is -1.01. The molecule has 0 radical (unpaired) electrons. The maximum absolute atomic E-state index is 10.6. The summed E-state index contributed by atoms with van der Waals surface area (Å²) in [7, 11) is 0. The Bertz CT molecular complexity index is 326. The first-order valence-electron chi connectivity index (χ1n) is 6.23. The zero-order valence-corrected chi connectivity index (χ0v) is 9.37. The number of rotatable bonds is 1. The third kappa shape index (κ3) is 1.03. The van der Waals surface area contributed by atoms with E-state index in [1.54, 1.807) is 0 Å². The molecule has 0 aliphatic heterocycles. The van der Waals surface area contributed by atoms with Gasteiger partial charge in [-0.3, -0.25) is 0 Å². The fraction of sp³-hybridized carbons (Fsp3) is 0.923. The Kier molecular flexibility index (Phi) is 1.78. The average Bonchev–Trinajstić information content (AvgIpc) is 2.74. The van der Waals surface area contributed by atoms with Crippen LogP contribution >= 0.6 is 0 Å². The predicted molar refractivity (Wildman–Crippen MR) is 56.8 cm³/mol. The number of fused-ring (bicyclic) bond motifs is 2. The van der Waals surface area contributed by atoms with Crippen molar-refractivity contribution in [2.45, 2.75) is 51.0 Å². The largest absolute Gasteiger partial charge is 0.388 e. The minimum atomic E-state index is -0.638. The first-order valence-corrected chi connectivity index (χ1v) is 6.23. The topological polar surface area (TPSA) is 44.0 Å². The summed E-state index contributed by atoms with van der Waals surface area (Å²) in [6.07, 6.45) is 6.34. The van der Waals surface area contributed by atoms with Crippen LogP contribution in [0.15, 0.2) is 0 Å². The fourth-order valence-corrected chi connectivity index (χ4v) is 4.60. The predicted octanol–water partition coefficient (Wildman–Crippen LogP) is 2.48. The first kappa shape index (κ1) is 9.66. The summed E-state index contributed by atoms with van der Waals surface area (Å²) in [5, 5.41) is 20.1. The van der Waals surface area contributed by atoms with Gasteiger partial charge in [0.05, 0.1) is 17.1 Å². The molecule has 0 aromatic rings. The minimum Gasteiger partial charge on any atom is -0.388 e. The first-order chi connectivity index (χ1) is 7.10. The van der Waals surface area contributed by atoms with Gasteiger partial charge in [0.1, 0.15) is 0 Å². The van der Waals surface area contributed by atoms with Gasteiger partial charge >= 0.3 is 0 Å². The molecule has 3 aliphatic rings. The van der Waals surface area contributed by atoms with Crippen LogP contribution in [0.5, 0.6) is 0 Å². The van der Waals surface area contributed by atoms with Gasteiger partial charge in [0.2, 0.25) is 0 Å². The van der Waals surface area contributed by atoms with Crippen LogP contribution in [0, 0.1) is 34.5 Å². The lowest BCUT2D eigenvalue weighted by atomic mass is 9.53. The van der Waals surface area contributed by atoms with E-state index in [4.69, 9.17) is 0 Å². The van der Waals surface area contributed by atoms with Crippen LogP contribution in [0.25, 0.3) is 0 Å². The quantitative estimate of drug-likeness (QED) is 0.714. The van der Waals surface area contributed by atoms with Crippen molar-refractivity contribution in [2.24, 2.45) is 23.2 Å². The molecule has 0 aromatic carbocycles. The molecule has 0 saturated heterocycles. The van der Waals surface area contributed by atoms with Crippen LogP contribution in [0.2, 0.25) is 0 Å². The Morgan fingerprint density at radius 2 is 2.00 bits per heavy atom. The zero-order chi connectivity index (χ0) is 10.7. The lowest BCUT2D eigenvalue weighted by Crippen LogP contribution is -2.58. The van der Waals surface area contributed by atoms with Gasteiger partial charge in [-0.05, 0) is 49.9 Å². The minimum absolute atomic E-state index is 0.373. The van der Waals surface area contributed by atoms with Crippen molar-refractivity contribution in [2.75, 3.05) is 0 Å². The summed E-state index contributed by atoms with van der Waals surface area (Å²) in [6.45, 7) is 2.17. The van der Waals surface area contributed by atoms with Gasteiger partial charge in [-0.15, -0.1) is 0 Å². The summed E-state index contributed by atoms with van der Waals surface area (Å²) >= 11 is 0. The van der Waals surface area contributed by atoms with Gasteiger partial charge in [0.15, 0.2) is 0 Å². The Morgan fingerprint density at radius 1 is 1.27 bits per heavy atom. The lowest BCUT2D eigenvalue weighted by Gasteiger charge is -2.53. The summed E-state index contributed by atoms with van der Waals surface area (Å²) in [5.74, 6) is 1.83. The highest BCUT2D eigenvalue weighted by Crippen LogP contribution is 2.65. The molecule has 2 nitrogen and oxygen atoms in total. The van der Waals surface area contributed by atoms with E-state index in [1.807, 2.05) is 0 Å². The van der Waals surface area contributed by atoms with Crippen molar-refractivity contribution in [3.05, 3.63) is 0 Å². The molecule has 2 bridgehead atoms. The molecular weight excluding hydrogens is 186 g/mol. The van der Waals surface area contributed by atoms with Gasteiger partial charge < -0.3 is 5.11 Å². The van der Waals surface area contributed by atoms with E-state index < -0.39 is 5.60 Å². The molecular formula is C13H19NO. The Labute approximate surface area is 91.3 Å². The lowest BCUT2D eigenvalue weighted by molar-refractivity contribution is -0.159. The molecule has 3 rings (SSSR count). The third-order valence-electron chi connectivity index (χ3n) is 5.25. The molecule has 0 spiro atoms. The van der Waals surface area contributed by atoms with Gasteiger partial charge in [-0.1, -0.05) is 13.3 Å². The van der Waals surface area contributed by atoms with Crippen LogP contribution in [0.1, 0.15) is 45.4 Å². The SMILES string of the molecule is CC1CC(O)(C2(C#N)CC3CCC2C3)C1. The summed E-state index contributed by atoms with van der Waals surface area (Å²) < 4.78 is 0. The standard InChI is InChI=1S/C13H19NO/c1-9-5-13(15,6-9)12(8-14)7-10-2-3-11(12)4-10/h9-11,15H,2-7H2,1H3. The molecule has 3 unspecified atom stereocenters. The Morgan fingerprint density at radius 3 is 2.40 bits per heavy atom. The van der Waals surface area contributed by atoms with E-state index in [1.165, 1.54) is 19.3 Å². The summed E-state index contributed by atoms with van der Waals surface area (Å²) in [4.78, 5) is 0. The number of hydrogen-bond acceptors (Lipinski definition) is 2. The van der Waals surface area contributed by atoms with Crippen molar-refractivity contribution in [3.63, 3.8) is 0 Å². The van der Waals surface area contributed by atoms with Crippen LogP contribution in [0.3, 0.4) is 0 Å². The molecule has 15 heavy (non-hydrogen) atoms. The highest BCUT2D eigenvalue weighted by Gasteiger charge is 2.65. The van der Waals surface area contributed by atoms with E-state index in [0.29, 0.717) is 11.8 Å². The number of hydrogen-bond donors (Lipinski definition) is 1. The van der Waals surface area contributed by atoms with Crippen molar-refractivity contribution in [1.29, 1.82) is 5.26 Å². The molecule has 2 heteroatoms. The summed E-state index contributed by atoms with van der Waals surface area (Å²) in [6, 6.07) is 2.52. The zero-order valence-electron chi connectivity index (χ0n) is 9.37. The molecule has 0 heterocycles. The van der Waals surface area contributed by atoms with E-state index in [-0.39, 0.29) is 5.41 Å². The Balaban J connectivity index is 1.92. The van der Waals surface area contributed by atoms with E-state index >= 15 is 0 Å². The van der Waals surface area contributed by atoms with E-state index in [2.05, 4.69) is 13.0 Å². The second kappa shape index (κ2) is 2.77. The molecule has 82 valence electrons. The van der Waals surface area contributed by atoms with Crippen molar-refractivity contribution >= 4 is 0 Å². The van der Waals surface area contributed by atoms with Crippen molar-refractivity contribution in [1.82, 2.24) is 0 Å². The maximum atomic E-state index is 10.6. The molecule has 3 aliphatic carbocycles. The highest BCUT2D eigenvalue weighted by molar-refractivity contribution is 5.23. The molecule has 3 atom stereocenters. The normalized spacial score (nSPS) is 57.5. The second-order valence-electron chi connectivity index (χ2n) is 6.21. The van der Waals surface area contributed by atoms with Crippen LogP contribution in [-0.4, -0.2) is 10.7 Å². The number of aliphatic hydroxyl groups is 1. The number of nitriles is 1. The molecule has 1 N–H and O–H groups in total. The fourth-order valence-electron chi connectivity index (χ4n) is 4.60. The van der Waals surface area contributed by atoms with Gasteiger partial charge in [0, 0.05) is 0 Å². The molecule has 3 fully saturated rings. The van der Waals surface area contributed by atoms with Gasteiger partial charge in [-0.25, -0.2) is 0 Å². The smallest absolute Gasteiger partial charge is 0.0891 e. The van der Waals surface area contributed by atoms with Crippen molar-refractivity contribution in [3.8, 4) is 6.07 Å². The highest BCUT2D eigenvalue weighted by atomic mass is 16.3. The molecule has 3 saturated carbocycles. The Hall–Kier alpha value is -0.550. The van der Waals surface area contributed by atoms with Gasteiger partial charge in [0.25, 0.3) is 0 Å². The van der Waals surface area contributed by atoms with Crippen molar-refractivity contribution < 1.29 is 5.11 Å². The third-order valence-corrected chi connectivity index (χ3v) is 5.25.